The van der Waals surface area contributed by atoms with Crippen molar-refractivity contribution in [2.24, 2.45) is 11.7 Å². The van der Waals surface area contributed by atoms with Crippen molar-refractivity contribution in [1.29, 1.82) is 0 Å². The van der Waals surface area contributed by atoms with Crippen LogP contribution in [-0.4, -0.2) is 23.6 Å². The zero-order chi connectivity index (χ0) is 12.9. The molecule has 0 radical (unpaired) electrons. The van der Waals surface area contributed by atoms with Crippen LogP contribution in [0.1, 0.15) is 41.0 Å². The Morgan fingerprint density at radius 3 is 2.19 bits per heavy atom. The van der Waals surface area contributed by atoms with Crippen molar-refractivity contribution in [3.05, 3.63) is 0 Å². The molecule has 0 aliphatic rings. The van der Waals surface area contributed by atoms with Gasteiger partial charge in [-0.15, -0.1) is 0 Å². The summed E-state index contributed by atoms with van der Waals surface area (Å²) in [5.74, 6) is -0.456. The van der Waals surface area contributed by atoms with E-state index in [1.54, 1.807) is 20.8 Å². The van der Waals surface area contributed by atoms with Gasteiger partial charge in [0.1, 0.15) is 11.6 Å². The van der Waals surface area contributed by atoms with E-state index < -0.39 is 23.6 Å². The van der Waals surface area contributed by atoms with E-state index in [-0.39, 0.29) is 5.92 Å². The van der Waals surface area contributed by atoms with Gasteiger partial charge in [0.2, 0.25) is 0 Å². The van der Waals surface area contributed by atoms with E-state index in [1.807, 2.05) is 13.8 Å². The summed E-state index contributed by atoms with van der Waals surface area (Å²) in [5, 5.41) is 2.42. The third kappa shape index (κ3) is 5.58. The van der Waals surface area contributed by atoms with Crippen LogP contribution in [0.2, 0.25) is 0 Å². The number of primary amides is 1. The molecule has 0 aliphatic carbocycles. The number of ether oxygens (including phenoxy) is 1. The zero-order valence-electron chi connectivity index (χ0n) is 10.7. The summed E-state index contributed by atoms with van der Waals surface area (Å²) >= 11 is 0. The Hall–Kier alpha value is -1.26. The molecule has 2 amide bonds. The Balaban J connectivity index is 4.63. The van der Waals surface area contributed by atoms with Crippen LogP contribution in [0.4, 0.5) is 4.79 Å². The summed E-state index contributed by atoms with van der Waals surface area (Å²) in [5.41, 5.74) is 4.46. The van der Waals surface area contributed by atoms with Gasteiger partial charge in [-0.25, -0.2) is 9.59 Å². The standard InChI is InChI=1S/C11H22N2O3/c1-6-7(2)8(13-10(12)15)9(14)16-11(3,4)5/h7-8H,6H2,1-5H3,(H3,12,13,15). The summed E-state index contributed by atoms with van der Waals surface area (Å²) in [4.78, 5) is 22.6. The smallest absolute Gasteiger partial charge is 0.329 e. The van der Waals surface area contributed by atoms with Crippen molar-refractivity contribution >= 4 is 12.0 Å². The lowest BCUT2D eigenvalue weighted by molar-refractivity contribution is -0.158. The maximum atomic E-state index is 11.8. The molecule has 0 saturated heterocycles. The van der Waals surface area contributed by atoms with E-state index in [1.165, 1.54) is 0 Å². The Bertz CT molecular complexity index is 258. The average Bonchev–Trinajstić information content (AvgIpc) is 2.09. The van der Waals surface area contributed by atoms with Gasteiger partial charge < -0.3 is 15.8 Å². The van der Waals surface area contributed by atoms with Gasteiger partial charge in [-0.2, -0.15) is 0 Å². The van der Waals surface area contributed by atoms with Gasteiger partial charge in [0.15, 0.2) is 0 Å². The van der Waals surface area contributed by atoms with Crippen LogP contribution >= 0.6 is 0 Å². The number of amides is 2. The topological polar surface area (TPSA) is 81.4 Å². The molecule has 2 unspecified atom stereocenters. The van der Waals surface area contributed by atoms with Crippen molar-refractivity contribution in [2.45, 2.75) is 52.7 Å². The minimum Gasteiger partial charge on any atom is -0.458 e. The van der Waals surface area contributed by atoms with Crippen molar-refractivity contribution in [2.75, 3.05) is 0 Å². The molecule has 0 spiro atoms. The fourth-order valence-corrected chi connectivity index (χ4v) is 1.19. The highest BCUT2D eigenvalue weighted by Gasteiger charge is 2.29. The fraction of sp³-hybridized carbons (Fsp3) is 0.818. The second-order valence-electron chi connectivity index (χ2n) is 4.91. The van der Waals surface area contributed by atoms with Gasteiger partial charge in [0.05, 0.1) is 0 Å². The number of carbonyl (C=O) groups excluding carboxylic acids is 2. The van der Waals surface area contributed by atoms with E-state index in [9.17, 15) is 9.59 Å². The van der Waals surface area contributed by atoms with Crippen LogP contribution in [0.15, 0.2) is 0 Å². The molecule has 0 aromatic rings. The maximum absolute atomic E-state index is 11.8. The van der Waals surface area contributed by atoms with Gasteiger partial charge in [-0.3, -0.25) is 0 Å². The molecular formula is C11H22N2O3. The van der Waals surface area contributed by atoms with Crippen LogP contribution in [0.5, 0.6) is 0 Å². The van der Waals surface area contributed by atoms with E-state index in [2.05, 4.69) is 5.32 Å². The number of urea groups is 1. The van der Waals surface area contributed by atoms with E-state index >= 15 is 0 Å². The molecule has 0 aliphatic heterocycles. The third-order valence-corrected chi connectivity index (χ3v) is 2.17. The predicted octanol–water partition coefficient (Wildman–Crippen LogP) is 1.41. The van der Waals surface area contributed by atoms with Gasteiger partial charge in [-0.05, 0) is 26.7 Å². The second-order valence-corrected chi connectivity index (χ2v) is 4.91. The Kier molecular flexibility index (Phi) is 5.27. The lowest BCUT2D eigenvalue weighted by Gasteiger charge is -2.27. The molecule has 2 atom stereocenters. The minimum atomic E-state index is -0.712. The van der Waals surface area contributed by atoms with Crippen LogP contribution in [0, 0.1) is 5.92 Å². The first-order chi connectivity index (χ1) is 7.17. The second kappa shape index (κ2) is 5.72. The number of rotatable bonds is 4. The summed E-state index contributed by atoms with van der Waals surface area (Å²) < 4.78 is 5.21. The minimum absolute atomic E-state index is 0.0117. The van der Waals surface area contributed by atoms with Crippen LogP contribution in [0.25, 0.3) is 0 Å². The molecule has 94 valence electrons. The van der Waals surface area contributed by atoms with E-state index in [0.29, 0.717) is 0 Å². The first-order valence-corrected chi connectivity index (χ1v) is 5.46. The first kappa shape index (κ1) is 14.7. The van der Waals surface area contributed by atoms with Gasteiger partial charge in [0.25, 0.3) is 0 Å². The van der Waals surface area contributed by atoms with Crippen LogP contribution < -0.4 is 11.1 Å². The lowest BCUT2D eigenvalue weighted by Crippen LogP contribution is -2.49. The molecule has 0 bridgehead atoms. The number of nitrogens with two attached hydrogens (primary N) is 1. The molecule has 5 nitrogen and oxygen atoms in total. The van der Waals surface area contributed by atoms with Crippen molar-refractivity contribution in [1.82, 2.24) is 5.32 Å². The number of esters is 1. The molecule has 3 N–H and O–H groups in total. The molecular weight excluding hydrogens is 208 g/mol. The largest absolute Gasteiger partial charge is 0.458 e. The molecule has 0 aromatic heterocycles. The Morgan fingerprint density at radius 2 is 1.88 bits per heavy atom. The summed E-state index contributed by atoms with van der Waals surface area (Å²) in [6.45, 7) is 9.14. The number of carbonyl (C=O) groups is 2. The molecule has 0 heterocycles. The molecule has 0 rings (SSSR count). The van der Waals surface area contributed by atoms with Crippen molar-refractivity contribution < 1.29 is 14.3 Å². The third-order valence-electron chi connectivity index (χ3n) is 2.17. The lowest BCUT2D eigenvalue weighted by atomic mass is 9.99. The molecule has 5 heteroatoms. The Morgan fingerprint density at radius 1 is 1.38 bits per heavy atom. The monoisotopic (exact) mass is 230 g/mol. The number of hydrogen-bond donors (Lipinski definition) is 2. The molecule has 0 saturated carbocycles. The van der Waals surface area contributed by atoms with Gasteiger partial charge in [0, 0.05) is 0 Å². The molecule has 16 heavy (non-hydrogen) atoms. The van der Waals surface area contributed by atoms with E-state index in [0.717, 1.165) is 6.42 Å². The molecule has 0 fully saturated rings. The van der Waals surface area contributed by atoms with E-state index in [4.69, 9.17) is 10.5 Å². The maximum Gasteiger partial charge on any atom is 0.329 e. The summed E-state index contributed by atoms with van der Waals surface area (Å²) in [6.07, 6.45) is 0.754. The normalized spacial score (nSPS) is 15.1. The highest BCUT2D eigenvalue weighted by Crippen LogP contribution is 2.14. The quantitative estimate of drug-likeness (QED) is 0.716. The predicted molar refractivity (Wildman–Crippen MR) is 61.8 cm³/mol. The highest BCUT2D eigenvalue weighted by atomic mass is 16.6. The number of hydrogen-bond acceptors (Lipinski definition) is 3. The van der Waals surface area contributed by atoms with Gasteiger partial charge >= 0.3 is 12.0 Å². The summed E-state index contributed by atoms with van der Waals surface area (Å²) in [6, 6.07) is -1.39. The zero-order valence-corrected chi connectivity index (χ0v) is 10.7. The molecule has 0 aromatic carbocycles. The van der Waals surface area contributed by atoms with Crippen LogP contribution in [0.3, 0.4) is 0 Å². The van der Waals surface area contributed by atoms with Gasteiger partial charge in [-0.1, -0.05) is 20.3 Å². The first-order valence-electron chi connectivity index (χ1n) is 5.46. The SMILES string of the molecule is CCC(C)C(NC(N)=O)C(=O)OC(C)(C)C. The highest BCUT2D eigenvalue weighted by molar-refractivity contribution is 5.83. The Labute approximate surface area is 96.7 Å². The van der Waals surface area contributed by atoms with Crippen LogP contribution in [-0.2, 0) is 9.53 Å². The average molecular weight is 230 g/mol. The fourth-order valence-electron chi connectivity index (χ4n) is 1.19. The summed E-state index contributed by atoms with van der Waals surface area (Å²) in [7, 11) is 0. The van der Waals surface area contributed by atoms with Crippen molar-refractivity contribution in [3.8, 4) is 0 Å². The van der Waals surface area contributed by atoms with Crippen molar-refractivity contribution in [3.63, 3.8) is 0 Å². The number of nitrogens with one attached hydrogen (secondary N) is 1.